The van der Waals surface area contributed by atoms with Gasteiger partial charge in [0.1, 0.15) is 17.6 Å². The number of carbonyl (C=O) groups is 1. The van der Waals surface area contributed by atoms with Crippen molar-refractivity contribution < 1.29 is 38.0 Å². The molecule has 3 rings (SSSR count). The molecule has 0 amide bonds. The number of aliphatic hydroxyl groups is 2. The van der Waals surface area contributed by atoms with Gasteiger partial charge in [0.05, 0.1) is 28.6 Å². The molecule has 0 saturated carbocycles. The Morgan fingerprint density at radius 1 is 1.03 bits per heavy atom. The zero-order valence-electron chi connectivity index (χ0n) is 16.1. The lowest BCUT2D eigenvalue weighted by molar-refractivity contribution is -0.153. The molecule has 0 aliphatic carbocycles. The second kappa shape index (κ2) is 9.05. The highest BCUT2D eigenvalue weighted by atomic mass is 19.4. The first-order chi connectivity index (χ1) is 15.1. The minimum atomic E-state index is -4.65. The minimum Gasteiger partial charge on any atom is -0.479 e. The second-order valence-corrected chi connectivity index (χ2v) is 6.62. The standard InChI is InChI=1S/C22H15F3N2O5/c23-22(24,25)16-9-8-15(10-13(16)11-26)32-14-6-4-12(5-7-14)17-2-1-3-18(27-17)19(28)20(29)21(30)31/h1-10,19-20,28-29H,(H,30,31). The molecule has 7 nitrogen and oxygen atoms in total. The lowest BCUT2D eigenvalue weighted by Crippen LogP contribution is -2.28. The minimum absolute atomic E-state index is 0.0356. The van der Waals surface area contributed by atoms with Gasteiger partial charge in [-0.25, -0.2) is 9.78 Å². The Balaban J connectivity index is 1.80. The first-order valence-corrected chi connectivity index (χ1v) is 9.05. The van der Waals surface area contributed by atoms with E-state index in [2.05, 4.69) is 4.98 Å². The number of aliphatic carboxylic acids is 1. The molecule has 0 fully saturated rings. The van der Waals surface area contributed by atoms with Crippen LogP contribution >= 0.6 is 0 Å². The summed E-state index contributed by atoms with van der Waals surface area (Å²) in [4.78, 5) is 15.0. The van der Waals surface area contributed by atoms with E-state index in [1.54, 1.807) is 18.2 Å². The fraction of sp³-hybridized carbons (Fsp3) is 0.136. The maximum Gasteiger partial charge on any atom is 0.417 e. The molecule has 0 bridgehead atoms. The number of aliphatic hydroxyl groups excluding tert-OH is 2. The van der Waals surface area contributed by atoms with Crippen LogP contribution in [0.2, 0.25) is 0 Å². The van der Waals surface area contributed by atoms with E-state index in [-0.39, 0.29) is 17.2 Å². The lowest BCUT2D eigenvalue weighted by Gasteiger charge is -2.14. The predicted octanol–water partition coefficient (Wildman–Crippen LogP) is 3.91. The van der Waals surface area contributed by atoms with Crippen LogP contribution in [0.25, 0.3) is 11.3 Å². The van der Waals surface area contributed by atoms with E-state index in [1.165, 1.54) is 30.3 Å². The zero-order chi connectivity index (χ0) is 23.5. The average Bonchev–Trinajstić information content (AvgIpc) is 2.77. The van der Waals surface area contributed by atoms with Gasteiger partial charge < -0.3 is 20.1 Å². The second-order valence-electron chi connectivity index (χ2n) is 6.62. The van der Waals surface area contributed by atoms with Crippen LogP contribution in [0.5, 0.6) is 11.5 Å². The van der Waals surface area contributed by atoms with Crippen molar-refractivity contribution in [3.63, 3.8) is 0 Å². The van der Waals surface area contributed by atoms with Crippen molar-refractivity contribution in [2.45, 2.75) is 18.4 Å². The molecule has 2 atom stereocenters. The Hall–Kier alpha value is -3.94. The smallest absolute Gasteiger partial charge is 0.417 e. The summed E-state index contributed by atoms with van der Waals surface area (Å²) in [6.07, 6.45) is -8.40. The van der Waals surface area contributed by atoms with Gasteiger partial charge in [0.15, 0.2) is 6.10 Å². The number of nitriles is 1. The molecule has 0 aliphatic heterocycles. The van der Waals surface area contributed by atoms with Crippen LogP contribution in [-0.2, 0) is 11.0 Å². The van der Waals surface area contributed by atoms with Gasteiger partial charge in [-0.05, 0) is 54.6 Å². The Kier molecular flexibility index (Phi) is 6.43. The highest BCUT2D eigenvalue weighted by molar-refractivity contribution is 5.73. The van der Waals surface area contributed by atoms with Gasteiger partial charge >= 0.3 is 12.1 Å². The van der Waals surface area contributed by atoms with E-state index in [0.29, 0.717) is 11.3 Å². The zero-order valence-corrected chi connectivity index (χ0v) is 16.1. The molecule has 0 saturated heterocycles. The van der Waals surface area contributed by atoms with Gasteiger partial charge in [0.2, 0.25) is 0 Å². The molecular weight excluding hydrogens is 429 g/mol. The summed E-state index contributed by atoms with van der Waals surface area (Å²) < 4.78 is 44.2. The molecule has 1 heterocycles. The Morgan fingerprint density at radius 2 is 1.69 bits per heavy atom. The van der Waals surface area contributed by atoms with Crippen LogP contribution < -0.4 is 4.74 Å². The summed E-state index contributed by atoms with van der Waals surface area (Å²) in [6.45, 7) is 0. The average molecular weight is 444 g/mol. The molecule has 3 N–H and O–H groups in total. The van der Waals surface area contributed by atoms with Crippen LogP contribution in [0.3, 0.4) is 0 Å². The Bertz CT molecular complexity index is 1170. The van der Waals surface area contributed by atoms with E-state index in [4.69, 9.17) is 15.1 Å². The maximum atomic E-state index is 12.9. The normalized spacial score (nSPS) is 13.1. The summed E-state index contributed by atoms with van der Waals surface area (Å²) in [7, 11) is 0. The Morgan fingerprint density at radius 3 is 2.28 bits per heavy atom. The lowest BCUT2D eigenvalue weighted by atomic mass is 10.1. The number of rotatable bonds is 6. The van der Waals surface area contributed by atoms with Gasteiger partial charge in [-0.15, -0.1) is 0 Å². The molecular formula is C22H15F3N2O5. The van der Waals surface area contributed by atoms with Crippen molar-refractivity contribution in [2.24, 2.45) is 0 Å². The molecule has 164 valence electrons. The number of aromatic nitrogens is 1. The predicted molar refractivity (Wildman–Crippen MR) is 105 cm³/mol. The van der Waals surface area contributed by atoms with Crippen molar-refractivity contribution in [1.29, 1.82) is 5.26 Å². The van der Waals surface area contributed by atoms with Crippen LogP contribution in [0.1, 0.15) is 22.9 Å². The number of carboxylic acid groups (broad SMARTS) is 1. The summed E-state index contributed by atoms with van der Waals surface area (Å²) in [5.41, 5.74) is -0.696. The van der Waals surface area contributed by atoms with Crippen LogP contribution in [0, 0.1) is 11.3 Å². The molecule has 10 heteroatoms. The van der Waals surface area contributed by atoms with Gasteiger partial charge in [0, 0.05) is 5.56 Å². The van der Waals surface area contributed by atoms with Crippen molar-refractivity contribution in [2.75, 3.05) is 0 Å². The first-order valence-electron chi connectivity index (χ1n) is 9.05. The van der Waals surface area contributed by atoms with Gasteiger partial charge in [0.25, 0.3) is 0 Å². The summed E-state index contributed by atoms with van der Waals surface area (Å²) in [5.74, 6) is -1.25. The number of alkyl halides is 3. The molecule has 0 radical (unpaired) electrons. The summed E-state index contributed by atoms with van der Waals surface area (Å²) >= 11 is 0. The third-order valence-electron chi connectivity index (χ3n) is 4.43. The van der Waals surface area contributed by atoms with E-state index >= 15 is 0 Å². The van der Waals surface area contributed by atoms with Crippen molar-refractivity contribution >= 4 is 5.97 Å². The SMILES string of the molecule is N#Cc1cc(Oc2ccc(-c3cccc(C(O)C(O)C(=O)O)n3)cc2)ccc1C(F)(F)F. The highest BCUT2D eigenvalue weighted by Gasteiger charge is 2.33. The molecule has 1 aromatic heterocycles. The van der Waals surface area contributed by atoms with Crippen LogP contribution in [0.15, 0.2) is 60.7 Å². The Labute approximate surface area is 179 Å². The number of pyridine rings is 1. The van der Waals surface area contributed by atoms with Gasteiger partial charge in [-0.3, -0.25) is 0 Å². The first kappa shape index (κ1) is 22.7. The summed E-state index contributed by atoms with van der Waals surface area (Å²) in [6, 6.07) is 15.1. The highest BCUT2D eigenvalue weighted by Crippen LogP contribution is 2.34. The molecule has 0 aliphatic rings. The van der Waals surface area contributed by atoms with Crippen molar-refractivity contribution in [1.82, 2.24) is 4.98 Å². The van der Waals surface area contributed by atoms with E-state index in [0.717, 1.165) is 18.2 Å². The molecule has 3 aromatic rings. The number of hydrogen-bond acceptors (Lipinski definition) is 6. The number of benzene rings is 2. The molecule has 2 aromatic carbocycles. The fourth-order valence-corrected chi connectivity index (χ4v) is 2.83. The maximum absolute atomic E-state index is 12.9. The summed E-state index contributed by atoms with van der Waals surface area (Å²) in [5, 5.41) is 37.2. The molecule has 32 heavy (non-hydrogen) atoms. The van der Waals surface area contributed by atoms with E-state index in [1.807, 2.05) is 0 Å². The molecule has 2 unspecified atom stereocenters. The van der Waals surface area contributed by atoms with Crippen molar-refractivity contribution in [3.05, 3.63) is 77.5 Å². The number of halogens is 3. The van der Waals surface area contributed by atoms with Gasteiger partial charge in [-0.2, -0.15) is 18.4 Å². The monoisotopic (exact) mass is 444 g/mol. The topological polar surface area (TPSA) is 124 Å². The van der Waals surface area contributed by atoms with Crippen molar-refractivity contribution in [3.8, 4) is 28.8 Å². The van der Waals surface area contributed by atoms with Crippen LogP contribution in [0.4, 0.5) is 13.2 Å². The van der Waals surface area contributed by atoms with E-state index < -0.39 is 35.5 Å². The quantitative estimate of drug-likeness (QED) is 0.527. The number of carboxylic acids is 1. The number of nitrogens with zero attached hydrogens (tertiary/aromatic N) is 2. The fourth-order valence-electron chi connectivity index (χ4n) is 2.83. The number of hydrogen-bond donors (Lipinski definition) is 3. The third kappa shape index (κ3) is 5.03. The van der Waals surface area contributed by atoms with Crippen LogP contribution in [-0.4, -0.2) is 32.4 Å². The third-order valence-corrected chi connectivity index (χ3v) is 4.43. The number of ether oxygens (including phenoxy) is 1. The van der Waals surface area contributed by atoms with E-state index in [9.17, 15) is 28.2 Å². The van der Waals surface area contributed by atoms with Gasteiger partial charge in [-0.1, -0.05) is 6.07 Å². The largest absolute Gasteiger partial charge is 0.479 e. The molecule has 0 spiro atoms.